The number of methoxy groups -OCH3 is 1. The molecule has 0 saturated heterocycles. The van der Waals surface area contributed by atoms with Crippen molar-refractivity contribution in [1.82, 2.24) is 0 Å². The van der Waals surface area contributed by atoms with E-state index in [9.17, 15) is 0 Å². The van der Waals surface area contributed by atoms with Crippen molar-refractivity contribution < 1.29 is 9.84 Å². The molecule has 0 heterocycles. The lowest BCUT2D eigenvalue weighted by Gasteiger charge is -2.00. The fourth-order valence-electron chi connectivity index (χ4n) is 0.960. The summed E-state index contributed by atoms with van der Waals surface area (Å²) in [7, 11) is 1.62. The van der Waals surface area contributed by atoms with Gasteiger partial charge in [0, 0.05) is 5.70 Å². The molecular weight excluding hydrogens is 166 g/mol. The van der Waals surface area contributed by atoms with E-state index in [0.717, 1.165) is 11.3 Å². The van der Waals surface area contributed by atoms with Crippen molar-refractivity contribution in [2.24, 2.45) is 5.73 Å². The molecule has 0 bridgehead atoms. The Balaban J connectivity index is 2.80. The molecule has 0 atom stereocenters. The zero-order valence-electron chi connectivity index (χ0n) is 7.53. The SMILES string of the molecule is COc1ccc(/C=C(\N)CO)cc1. The van der Waals surface area contributed by atoms with E-state index in [-0.39, 0.29) is 6.61 Å². The maximum absolute atomic E-state index is 8.68. The number of hydrogen-bond donors (Lipinski definition) is 2. The lowest BCUT2D eigenvalue weighted by molar-refractivity contribution is 0.331. The summed E-state index contributed by atoms with van der Waals surface area (Å²) in [6.45, 7) is -0.119. The van der Waals surface area contributed by atoms with Gasteiger partial charge in [0.05, 0.1) is 13.7 Å². The van der Waals surface area contributed by atoms with Crippen LogP contribution in [0.25, 0.3) is 6.08 Å². The number of aliphatic hydroxyl groups is 1. The Kier molecular flexibility index (Phi) is 3.34. The third-order valence-electron chi connectivity index (χ3n) is 1.65. The van der Waals surface area contributed by atoms with Crippen molar-refractivity contribution in [2.45, 2.75) is 0 Å². The van der Waals surface area contributed by atoms with Gasteiger partial charge in [0.15, 0.2) is 0 Å². The van der Waals surface area contributed by atoms with Crippen LogP contribution >= 0.6 is 0 Å². The van der Waals surface area contributed by atoms with Crippen LogP contribution in [-0.4, -0.2) is 18.8 Å². The summed E-state index contributed by atoms with van der Waals surface area (Å²) in [5.41, 5.74) is 6.86. The predicted octanol–water partition coefficient (Wildman–Crippen LogP) is 0.987. The minimum absolute atomic E-state index is 0.119. The first-order valence-corrected chi connectivity index (χ1v) is 3.97. The van der Waals surface area contributed by atoms with Gasteiger partial charge < -0.3 is 15.6 Å². The molecule has 3 N–H and O–H groups in total. The molecule has 0 unspecified atom stereocenters. The lowest BCUT2D eigenvalue weighted by atomic mass is 10.2. The van der Waals surface area contributed by atoms with Gasteiger partial charge in [0.2, 0.25) is 0 Å². The Morgan fingerprint density at radius 1 is 1.46 bits per heavy atom. The van der Waals surface area contributed by atoms with Crippen LogP contribution in [0.15, 0.2) is 30.0 Å². The van der Waals surface area contributed by atoms with Crippen LogP contribution in [0.1, 0.15) is 5.56 Å². The summed E-state index contributed by atoms with van der Waals surface area (Å²) in [5, 5.41) is 8.68. The van der Waals surface area contributed by atoms with Gasteiger partial charge in [-0.15, -0.1) is 0 Å². The van der Waals surface area contributed by atoms with Gasteiger partial charge in [-0.2, -0.15) is 0 Å². The molecule has 0 fully saturated rings. The fraction of sp³-hybridized carbons (Fsp3) is 0.200. The molecule has 1 aromatic carbocycles. The third kappa shape index (κ3) is 2.80. The Morgan fingerprint density at radius 2 is 2.08 bits per heavy atom. The van der Waals surface area contributed by atoms with Crippen LogP contribution in [-0.2, 0) is 0 Å². The van der Waals surface area contributed by atoms with E-state index < -0.39 is 0 Å². The topological polar surface area (TPSA) is 55.5 Å². The molecule has 3 heteroatoms. The van der Waals surface area contributed by atoms with Crippen LogP contribution < -0.4 is 10.5 Å². The molecule has 1 aromatic rings. The molecule has 0 spiro atoms. The summed E-state index contributed by atoms with van der Waals surface area (Å²) in [6, 6.07) is 7.44. The summed E-state index contributed by atoms with van der Waals surface area (Å²) < 4.78 is 5.00. The van der Waals surface area contributed by atoms with E-state index in [1.165, 1.54) is 0 Å². The Bertz CT molecular complexity index is 290. The van der Waals surface area contributed by atoms with E-state index in [0.29, 0.717) is 5.70 Å². The van der Waals surface area contributed by atoms with E-state index in [4.69, 9.17) is 15.6 Å². The highest BCUT2D eigenvalue weighted by atomic mass is 16.5. The first-order chi connectivity index (χ1) is 6.26. The highest BCUT2D eigenvalue weighted by Gasteiger charge is 1.92. The van der Waals surface area contributed by atoms with Gasteiger partial charge >= 0.3 is 0 Å². The molecule has 13 heavy (non-hydrogen) atoms. The van der Waals surface area contributed by atoms with Crippen LogP contribution in [0, 0.1) is 0 Å². The molecular formula is C10H13NO2. The van der Waals surface area contributed by atoms with Gasteiger partial charge in [-0.3, -0.25) is 0 Å². The number of hydrogen-bond acceptors (Lipinski definition) is 3. The average Bonchev–Trinajstić information content (AvgIpc) is 2.19. The summed E-state index contributed by atoms with van der Waals surface area (Å²) in [6.07, 6.45) is 1.72. The molecule has 0 aliphatic carbocycles. The number of rotatable bonds is 3. The molecule has 0 aromatic heterocycles. The first kappa shape index (κ1) is 9.61. The van der Waals surface area contributed by atoms with Gasteiger partial charge in [-0.05, 0) is 23.8 Å². The van der Waals surface area contributed by atoms with Gasteiger partial charge in [-0.1, -0.05) is 12.1 Å². The van der Waals surface area contributed by atoms with E-state index in [2.05, 4.69) is 0 Å². The largest absolute Gasteiger partial charge is 0.497 e. The normalized spacial score (nSPS) is 11.4. The molecule has 3 nitrogen and oxygen atoms in total. The van der Waals surface area contributed by atoms with Crippen LogP contribution in [0.3, 0.4) is 0 Å². The van der Waals surface area contributed by atoms with Crippen molar-refractivity contribution >= 4 is 6.08 Å². The molecule has 1 rings (SSSR count). The predicted molar refractivity (Wildman–Crippen MR) is 52.2 cm³/mol. The highest BCUT2D eigenvalue weighted by molar-refractivity contribution is 5.53. The quantitative estimate of drug-likeness (QED) is 0.727. The highest BCUT2D eigenvalue weighted by Crippen LogP contribution is 2.12. The second kappa shape index (κ2) is 4.52. The molecule has 0 aliphatic heterocycles. The minimum Gasteiger partial charge on any atom is -0.497 e. The van der Waals surface area contributed by atoms with E-state index >= 15 is 0 Å². The maximum atomic E-state index is 8.68. The Hall–Kier alpha value is -1.48. The van der Waals surface area contributed by atoms with Crippen LogP contribution in [0.4, 0.5) is 0 Å². The van der Waals surface area contributed by atoms with Crippen molar-refractivity contribution in [2.75, 3.05) is 13.7 Å². The summed E-state index contributed by atoms with van der Waals surface area (Å²) >= 11 is 0. The Morgan fingerprint density at radius 3 is 2.54 bits per heavy atom. The van der Waals surface area contributed by atoms with Gasteiger partial charge in [0.25, 0.3) is 0 Å². The van der Waals surface area contributed by atoms with Gasteiger partial charge in [0.1, 0.15) is 5.75 Å². The number of nitrogens with two attached hydrogens (primary N) is 1. The van der Waals surface area contributed by atoms with E-state index in [1.54, 1.807) is 13.2 Å². The molecule has 0 amide bonds. The fourth-order valence-corrected chi connectivity index (χ4v) is 0.960. The monoisotopic (exact) mass is 179 g/mol. The second-order valence-electron chi connectivity index (χ2n) is 2.65. The zero-order chi connectivity index (χ0) is 9.68. The third-order valence-corrected chi connectivity index (χ3v) is 1.65. The number of aliphatic hydroxyl groups excluding tert-OH is 1. The van der Waals surface area contributed by atoms with Crippen LogP contribution in [0.2, 0.25) is 0 Å². The molecule has 70 valence electrons. The maximum Gasteiger partial charge on any atom is 0.118 e. The smallest absolute Gasteiger partial charge is 0.118 e. The van der Waals surface area contributed by atoms with Crippen molar-refractivity contribution in [3.05, 3.63) is 35.5 Å². The zero-order valence-corrected chi connectivity index (χ0v) is 7.53. The van der Waals surface area contributed by atoms with E-state index in [1.807, 2.05) is 24.3 Å². The number of benzene rings is 1. The summed E-state index contributed by atoms with van der Waals surface area (Å²) in [5.74, 6) is 0.805. The summed E-state index contributed by atoms with van der Waals surface area (Å²) in [4.78, 5) is 0. The van der Waals surface area contributed by atoms with Crippen molar-refractivity contribution in [3.8, 4) is 5.75 Å². The Labute approximate surface area is 77.4 Å². The molecule has 0 radical (unpaired) electrons. The average molecular weight is 179 g/mol. The van der Waals surface area contributed by atoms with Crippen molar-refractivity contribution in [3.63, 3.8) is 0 Å². The lowest BCUT2D eigenvalue weighted by Crippen LogP contribution is -2.01. The van der Waals surface area contributed by atoms with Crippen molar-refractivity contribution in [1.29, 1.82) is 0 Å². The minimum atomic E-state index is -0.119. The first-order valence-electron chi connectivity index (χ1n) is 3.97. The molecule has 0 saturated carbocycles. The molecule has 0 aliphatic rings. The second-order valence-corrected chi connectivity index (χ2v) is 2.65. The standard InChI is InChI=1S/C10H13NO2/c1-13-10-4-2-8(3-5-10)6-9(11)7-12/h2-6,12H,7,11H2,1H3/b9-6-. The van der Waals surface area contributed by atoms with Gasteiger partial charge in [-0.25, -0.2) is 0 Å². The van der Waals surface area contributed by atoms with Crippen LogP contribution in [0.5, 0.6) is 5.75 Å². The number of ether oxygens (including phenoxy) is 1.